The molecule has 1 aromatic rings. The number of nitro benzene ring substituents is 1. The van der Waals surface area contributed by atoms with Gasteiger partial charge in [0, 0.05) is 19.2 Å². The Labute approximate surface area is 107 Å². The van der Waals surface area contributed by atoms with Gasteiger partial charge >= 0.3 is 0 Å². The van der Waals surface area contributed by atoms with Crippen LogP contribution in [0, 0.1) is 22.5 Å². The summed E-state index contributed by atoms with van der Waals surface area (Å²) in [4.78, 5) is 12.9. The number of aryl methyl sites for hydroxylation is 1. The highest BCUT2D eigenvalue weighted by Gasteiger charge is 2.34. The van der Waals surface area contributed by atoms with Crippen LogP contribution in [0.15, 0.2) is 18.2 Å². The van der Waals surface area contributed by atoms with Crippen molar-refractivity contribution in [1.82, 2.24) is 0 Å². The minimum atomic E-state index is -0.305. The zero-order valence-corrected chi connectivity index (χ0v) is 10.8. The van der Waals surface area contributed by atoms with Gasteiger partial charge in [-0.3, -0.25) is 10.1 Å². The second-order valence-electron chi connectivity index (χ2n) is 5.44. The zero-order valence-electron chi connectivity index (χ0n) is 10.8. The minimum Gasteiger partial charge on any atom is -0.365 e. The van der Waals surface area contributed by atoms with Gasteiger partial charge in [-0.05, 0) is 36.9 Å². The number of nitrogens with two attached hydrogens (primary N) is 1. The quantitative estimate of drug-likeness (QED) is 0.657. The van der Waals surface area contributed by atoms with E-state index in [1.165, 1.54) is 0 Å². The molecule has 5 nitrogen and oxygen atoms in total. The highest BCUT2D eigenvalue weighted by molar-refractivity contribution is 5.65. The molecule has 1 atom stereocenters. The molecular formula is C13H19N3O2. The molecule has 0 amide bonds. The number of rotatable bonds is 3. The Morgan fingerprint density at radius 2 is 2.28 bits per heavy atom. The molecule has 1 aliphatic rings. The van der Waals surface area contributed by atoms with E-state index in [-0.39, 0.29) is 16.0 Å². The molecular weight excluding hydrogens is 230 g/mol. The third-order valence-corrected chi connectivity index (χ3v) is 3.72. The molecule has 2 rings (SSSR count). The molecule has 1 unspecified atom stereocenters. The van der Waals surface area contributed by atoms with Crippen molar-refractivity contribution in [2.75, 3.05) is 24.5 Å². The van der Waals surface area contributed by atoms with Crippen LogP contribution in [0.3, 0.4) is 0 Å². The predicted molar refractivity (Wildman–Crippen MR) is 71.8 cm³/mol. The molecule has 5 heteroatoms. The van der Waals surface area contributed by atoms with Crippen molar-refractivity contribution < 1.29 is 4.92 Å². The minimum absolute atomic E-state index is 0.0682. The van der Waals surface area contributed by atoms with Crippen LogP contribution in [0.25, 0.3) is 0 Å². The molecule has 18 heavy (non-hydrogen) atoms. The van der Waals surface area contributed by atoms with Crippen LogP contribution in [0.2, 0.25) is 0 Å². The van der Waals surface area contributed by atoms with Crippen molar-refractivity contribution >= 4 is 11.4 Å². The molecule has 0 aliphatic carbocycles. The Balaban J connectivity index is 2.32. The first kappa shape index (κ1) is 12.8. The fourth-order valence-corrected chi connectivity index (χ4v) is 2.44. The Bertz CT molecular complexity index is 475. The van der Waals surface area contributed by atoms with Gasteiger partial charge in [0.1, 0.15) is 5.69 Å². The van der Waals surface area contributed by atoms with Gasteiger partial charge in [-0.1, -0.05) is 13.0 Å². The monoisotopic (exact) mass is 249 g/mol. The average Bonchev–Trinajstić information content (AvgIpc) is 2.72. The van der Waals surface area contributed by atoms with Gasteiger partial charge in [0.2, 0.25) is 0 Å². The molecule has 0 saturated carbocycles. The number of nitro groups is 1. The van der Waals surface area contributed by atoms with Crippen LogP contribution in [-0.2, 0) is 0 Å². The van der Waals surface area contributed by atoms with E-state index in [0.717, 1.165) is 25.1 Å². The third kappa shape index (κ3) is 2.31. The summed E-state index contributed by atoms with van der Waals surface area (Å²) in [7, 11) is 0. The highest BCUT2D eigenvalue weighted by Crippen LogP contribution is 2.37. The maximum absolute atomic E-state index is 11.1. The van der Waals surface area contributed by atoms with Crippen LogP contribution in [0.4, 0.5) is 11.4 Å². The van der Waals surface area contributed by atoms with Gasteiger partial charge in [-0.25, -0.2) is 0 Å². The van der Waals surface area contributed by atoms with Gasteiger partial charge in [0.25, 0.3) is 5.69 Å². The van der Waals surface area contributed by atoms with E-state index in [4.69, 9.17) is 5.73 Å². The summed E-state index contributed by atoms with van der Waals surface area (Å²) >= 11 is 0. The lowest BCUT2D eigenvalue weighted by Crippen LogP contribution is -2.31. The summed E-state index contributed by atoms with van der Waals surface area (Å²) in [5.41, 5.74) is 7.65. The molecule has 1 aromatic carbocycles. The molecule has 0 radical (unpaired) electrons. The normalized spacial score (nSPS) is 23.4. The van der Waals surface area contributed by atoms with Crippen LogP contribution in [0.5, 0.6) is 0 Å². The van der Waals surface area contributed by atoms with E-state index in [2.05, 4.69) is 11.8 Å². The van der Waals surface area contributed by atoms with Crippen LogP contribution < -0.4 is 10.6 Å². The lowest BCUT2D eigenvalue weighted by atomic mass is 9.90. The van der Waals surface area contributed by atoms with E-state index in [1.54, 1.807) is 6.07 Å². The van der Waals surface area contributed by atoms with Crippen LogP contribution in [-0.4, -0.2) is 24.6 Å². The number of nitrogens with zero attached hydrogens (tertiary/aromatic N) is 2. The van der Waals surface area contributed by atoms with Gasteiger partial charge in [-0.15, -0.1) is 0 Å². The average molecular weight is 249 g/mol. The van der Waals surface area contributed by atoms with Crippen molar-refractivity contribution in [2.45, 2.75) is 20.3 Å². The fraction of sp³-hybridized carbons (Fsp3) is 0.538. The summed E-state index contributed by atoms with van der Waals surface area (Å²) < 4.78 is 0. The Hall–Kier alpha value is -1.62. The van der Waals surface area contributed by atoms with Crippen molar-refractivity contribution in [3.8, 4) is 0 Å². The first-order valence-electron chi connectivity index (χ1n) is 6.15. The Kier molecular flexibility index (Phi) is 3.26. The van der Waals surface area contributed by atoms with Gasteiger partial charge in [0.05, 0.1) is 4.92 Å². The topological polar surface area (TPSA) is 72.4 Å². The zero-order chi connectivity index (χ0) is 13.3. The smallest absolute Gasteiger partial charge is 0.292 e. The fourth-order valence-electron chi connectivity index (χ4n) is 2.44. The number of benzene rings is 1. The number of hydrogen-bond donors (Lipinski definition) is 1. The van der Waals surface area contributed by atoms with E-state index in [9.17, 15) is 10.1 Å². The lowest BCUT2D eigenvalue weighted by Gasteiger charge is -2.23. The lowest BCUT2D eigenvalue weighted by molar-refractivity contribution is -0.384. The van der Waals surface area contributed by atoms with E-state index in [0.29, 0.717) is 12.2 Å². The molecule has 1 fully saturated rings. The van der Waals surface area contributed by atoms with Crippen LogP contribution >= 0.6 is 0 Å². The van der Waals surface area contributed by atoms with Gasteiger partial charge in [-0.2, -0.15) is 0 Å². The predicted octanol–water partition coefficient (Wildman–Crippen LogP) is 2.08. The first-order chi connectivity index (χ1) is 8.45. The standard InChI is InChI=1S/C13H19N3O2/c1-10-3-4-11(12(7-10)16(17)18)15-6-5-13(2,8-14)9-15/h3-4,7H,5-6,8-9,14H2,1-2H3. The molecule has 0 spiro atoms. The number of anilines is 1. The second-order valence-corrected chi connectivity index (χ2v) is 5.44. The molecule has 0 bridgehead atoms. The Morgan fingerprint density at radius 3 is 2.83 bits per heavy atom. The summed E-state index contributed by atoms with van der Waals surface area (Å²) in [5.74, 6) is 0. The summed E-state index contributed by atoms with van der Waals surface area (Å²) in [5, 5.41) is 11.1. The second kappa shape index (κ2) is 4.57. The van der Waals surface area contributed by atoms with Crippen molar-refractivity contribution in [3.05, 3.63) is 33.9 Å². The van der Waals surface area contributed by atoms with E-state index in [1.807, 2.05) is 19.1 Å². The van der Waals surface area contributed by atoms with Gasteiger partial charge < -0.3 is 10.6 Å². The maximum Gasteiger partial charge on any atom is 0.292 e. The van der Waals surface area contributed by atoms with Crippen molar-refractivity contribution in [2.24, 2.45) is 11.1 Å². The molecule has 0 aromatic heterocycles. The molecule has 1 aliphatic heterocycles. The summed E-state index contributed by atoms with van der Waals surface area (Å²) in [6, 6.07) is 5.39. The number of hydrogen-bond acceptors (Lipinski definition) is 4. The largest absolute Gasteiger partial charge is 0.365 e. The third-order valence-electron chi connectivity index (χ3n) is 3.72. The Morgan fingerprint density at radius 1 is 1.56 bits per heavy atom. The van der Waals surface area contributed by atoms with Gasteiger partial charge in [0.15, 0.2) is 0 Å². The SMILES string of the molecule is Cc1ccc(N2CCC(C)(CN)C2)c([N+](=O)[O-])c1. The van der Waals surface area contributed by atoms with Crippen molar-refractivity contribution in [3.63, 3.8) is 0 Å². The summed E-state index contributed by atoms with van der Waals surface area (Å²) in [6.07, 6.45) is 0.981. The van der Waals surface area contributed by atoms with E-state index >= 15 is 0 Å². The molecule has 98 valence electrons. The van der Waals surface area contributed by atoms with Crippen LogP contribution in [0.1, 0.15) is 18.9 Å². The van der Waals surface area contributed by atoms with E-state index < -0.39 is 0 Å². The first-order valence-corrected chi connectivity index (χ1v) is 6.15. The maximum atomic E-state index is 11.1. The highest BCUT2D eigenvalue weighted by atomic mass is 16.6. The molecule has 1 heterocycles. The summed E-state index contributed by atoms with van der Waals surface area (Å²) in [6.45, 7) is 6.23. The molecule has 2 N–H and O–H groups in total. The molecule has 1 saturated heterocycles. The van der Waals surface area contributed by atoms with Crippen molar-refractivity contribution in [1.29, 1.82) is 0 Å².